The summed E-state index contributed by atoms with van der Waals surface area (Å²) in [6, 6.07) is 1.14. The van der Waals surface area contributed by atoms with Gasteiger partial charge in [0.25, 0.3) is 0 Å². The van der Waals surface area contributed by atoms with Gasteiger partial charge >= 0.3 is 0 Å². The minimum Gasteiger partial charge on any atom is -0.389 e. The molecule has 20 heavy (non-hydrogen) atoms. The van der Waals surface area contributed by atoms with Crippen LogP contribution in [-0.4, -0.2) is 60.3 Å². The number of rotatable bonds is 5. The number of fused-ring (bicyclic) bond motifs is 1. The predicted molar refractivity (Wildman–Crippen MR) is 84.9 cm³/mol. The van der Waals surface area contributed by atoms with Crippen LogP contribution < -0.4 is 0 Å². The SMILES string of the molecule is CC1CC(O)(CCCCN(C)C)C2CCCCC2N1C. The number of likely N-dealkylation sites (tertiary alicyclic amines) is 1. The second-order valence-corrected chi connectivity index (χ2v) is 7.54. The molecule has 2 fully saturated rings. The van der Waals surface area contributed by atoms with E-state index in [0.717, 1.165) is 25.8 Å². The van der Waals surface area contributed by atoms with Gasteiger partial charge in [0.15, 0.2) is 0 Å². The lowest BCUT2D eigenvalue weighted by atomic mass is 9.66. The van der Waals surface area contributed by atoms with Crippen LogP contribution in [0.1, 0.15) is 58.3 Å². The molecule has 0 bridgehead atoms. The first kappa shape index (κ1) is 16.3. The average Bonchev–Trinajstić information content (AvgIpc) is 2.41. The van der Waals surface area contributed by atoms with E-state index in [1.807, 2.05) is 0 Å². The number of piperidine rings is 1. The Balaban J connectivity index is 1.96. The van der Waals surface area contributed by atoms with Crippen molar-refractivity contribution in [1.82, 2.24) is 9.80 Å². The van der Waals surface area contributed by atoms with Gasteiger partial charge in [-0.2, -0.15) is 0 Å². The molecule has 0 aromatic carbocycles. The lowest BCUT2D eigenvalue weighted by Crippen LogP contribution is -2.60. The number of hydrogen-bond donors (Lipinski definition) is 1. The molecule has 1 aliphatic heterocycles. The first-order valence-corrected chi connectivity index (χ1v) is 8.53. The van der Waals surface area contributed by atoms with Gasteiger partial charge in [-0.3, -0.25) is 0 Å². The van der Waals surface area contributed by atoms with Crippen LogP contribution in [0.3, 0.4) is 0 Å². The molecule has 118 valence electrons. The van der Waals surface area contributed by atoms with Crippen molar-refractivity contribution < 1.29 is 5.11 Å². The monoisotopic (exact) mass is 282 g/mol. The van der Waals surface area contributed by atoms with Crippen LogP contribution in [0.5, 0.6) is 0 Å². The van der Waals surface area contributed by atoms with Crippen molar-refractivity contribution in [1.29, 1.82) is 0 Å². The van der Waals surface area contributed by atoms with Gasteiger partial charge in [0, 0.05) is 18.0 Å². The van der Waals surface area contributed by atoms with Crippen molar-refractivity contribution in [2.45, 2.75) is 76.0 Å². The molecule has 0 aromatic heterocycles. The molecule has 0 aromatic rings. The molecule has 4 atom stereocenters. The van der Waals surface area contributed by atoms with Crippen molar-refractivity contribution in [3.05, 3.63) is 0 Å². The van der Waals surface area contributed by atoms with Crippen molar-refractivity contribution in [3.63, 3.8) is 0 Å². The molecule has 1 N–H and O–H groups in total. The summed E-state index contributed by atoms with van der Waals surface area (Å²) in [6.07, 6.45) is 9.49. The smallest absolute Gasteiger partial charge is 0.0705 e. The highest BCUT2D eigenvalue weighted by Gasteiger charge is 2.48. The molecule has 2 rings (SSSR count). The molecule has 0 radical (unpaired) electrons. The maximum absolute atomic E-state index is 11.3. The van der Waals surface area contributed by atoms with E-state index < -0.39 is 5.60 Å². The van der Waals surface area contributed by atoms with Crippen LogP contribution in [-0.2, 0) is 0 Å². The van der Waals surface area contributed by atoms with Gasteiger partial charge in [0.05, 0.1) is 5.60 Å². The fraction of sp³-hybridized carbons (Fsp3) is 1.00. The minimum absolute atomic E-state index is 0.399. The van der Waals surface area contributed by atoms with Crippen molar-refractivity contribution >= 4 is 0 Å². The van der Waals surface area contributed by atoms with Gasteiger partial charge in [-0.15, -0.1) is 0 Å². The average molecular weight is 282 g/mol. The summed E-state index contributed by atoms with van der Waals surface area (Å²) in [4.78, 5) is 4.78. The summed E-state index contributed by atoms with van der Waals surface area (Å²) in [5, 5.41) is 11.3. The Hall–Kier alpha value is -0.120. The van der Waals surface area contributed by atoms with E-state index in [4.69, 9.17) is 0 Å². The molecule has 1 saturated carbocycles. The van der Waals surface area contributed by atoms with Gasteiger partial charge in [0.2, 0.25) is 0 Å². The summed E-state index contributed by atoms with van der Waals surface area (Å²) in [5.74, 6) is 0.511. The maximum atomic E-state index is 11.3. The van der Waals surface area contributed by atoms with Crippen LogP contribution in [0.15, 0.2) is 0 Å². The Labute approximate surface area is 125 Å². The molecular formula is C17H34N2O. The first-order valence-electron chi connectivity index (χ1n) is 8.53. The highest BCUT2D eigenvalue weighted by molar-refractivity contribution is 5.02. The van der Waals surface area contributed by atoms with Gasteiger partial charge < -0.3 is 14.9 Å². The fourth-order valence-electron chi connectivity index (χ4n) is 4.51. The number of aliphatic hydroxyl groups is 1. The molecule has 3 heteroatoms. The van der Waals surface area contributed by atoms with Crippen LogP contribution in [0.25, 0.3) is 0 Å². The van der Waals surface area contributed by atoms with Gasteiger partial charge in [-0.05, 0) is 73.1 Å². The lowest BCUT2D eigenvalue weighted by Gasteiger charge is -2.54. The molecule has 4 unspecified atom stereocenters. The van der Waals surface area contributed by atoms with Crippen molar-refractivity contribution in [3.8, 4) is 0 Å². The van der Waals surface area contributed by atoms with Crippen molar-refractivity contribution in [2.24, 2.45) is 5.92 Å². The highest BCUT2D eigenvalue weighted by atomic mass is 16.3. The summed E-state index contributed by atoms with van der Waals surface area (Å²) in [7, 11) is 6.52. The van der Waals surface area contributed by atoms with Crippen molar-refractivity contribution in [2.75, 3.05) is 27.7 Å². The third kappa shape index (κ3) is 3.55. The molecule has 0 spiro atoms. The molecule has 1 saturated heterocycles. The summed E-state index contributed by atoms with van der Waals surface area (Å²) < 4.78 is 0. The van der Waals surface area contributed by atoms with E-state index in [1.54, 1.807) is 0 Å². The topological polar surface area (TPSA) is 26.7 Å². The molecular weight excluding hydrogens is 248 g/mol. The Morgan fingerprint density at radius 1 is 1.20 bits per heavy atom. The summed E-state index contributed by atoms with van der Waals surface area (Å²) in [6.45, 7) is 3.43. The zero-order valence-electron chi connectivity index (χ0n) is 13.9. The highest BCUT2D eigenvalue weighted by Crippen LogP contribution is 2.45. The third-order valence-electron chi connectivity index (χ3n) is 5.75. The third-order valence-corrected chi connectivity index (χ3v) is 5.75. The van der Waals surface area contributed by atoms with E-state index in [9.17, 15) is 5.11 Å². The van der Waals surface area contributed by atoms with E-state index in [2.05, 4.69) is 37.9 Å². The molecule has 0 amide bonds. The zero-order valence-corrected chi connectivity index (χ0v) is 13.9. The molecule has 3 nitrogen and oxygen atoms in total. The van der Waals surface area contributed by atoms with E-state index in [-0.39, 0.29) is 0 Å². The Morgan fingerprint density at radius 3 is 2.60 bits per heavy atom. The Morgan fingerprint density at radius 2 is 1.90 bits per heavy atom. The Kier molecular flexibility index (Phi) is 5.49. The van der Waals surface area contributed by atoms with E-state index in [1.165, 1.54) is 32.1 Å². The number of unbranched alkanes of at least 4 members (excludes halogenated alkanes) is 1. The molecule has 1 aliphatic carbocycles. The molecule has 1 heterocycles. The van der Waals surface area contributed by atoms with E-state index in [0.29, 0.717) is 18.0 Å². The van der Waals surface area contributed by atoms with Crippen LogP contribution >= 0.6 is 0 Å². The zero-order chi connectivity index (χ0) is 14.8. The second kappa shape index (κ2) is 6.76. The van der Waals surface area contributed by atoms with Gasteiger partial charge in [-0.1, -0.05) is 12.8 Å². The van der Waals surface area contributed by atoms with Crippen LogP contribution in [0.4, 0.5) is 0 Å². The number of nitrogens with zero attached hydrogens (tertiary/aromatic N) is 2. The first-order chi connectivity index (χ1) is 9.44. The molecule has 2 aliphatic rings. The number of hydrogen-bond acceptors (Lipinski definition) is 3. The largest absolute Gasteiger partial charge is 0.389 e. The fourth-order valence-corrected chi connectivity index (χ4v) is 4.51. The minimum atomic E-state index is -0.399. The quantitative estimate of drug-likeness (QED) is 0.786. The van der Waals surface area contributed by atoms with E-state index >= 15 is 0 Å². The van der Waals surface area contributed by atoms with Gasteiger partial charge in [0.1, 0.15) is 0 Å². The summed E-state index contributed by atoms with van der Waals surface area (Å²) in [5.41, 5.74) is -0.399. The summed E-state index contributed by atoms with van der Waals surface area (Å²) >= 11 is 0. The normalized spacial score (nSPS) is 39.0. The maximum Gasteiger partial charge on any atom is 0.0705 e. The second-order valence-electron chi connectivity index (χ2n) is 7.54. The Bertz CT molecular complexity index is 307. The van der Waals surface area contributed by atoms with Crippen LogP contribution in [0, 0.1) is 5.92 Å². The predicted octanol–water partition coefficient (Wildman–Crippen LogP) is 2.73. The van der Waals surface area contributed by atoms with Gasteiger partial charge in [-0.25, -0.2) is 0 Å². The standard InChI is InChI=1S/C17H34N2O/c1-14-13-17(20,11-7-8-12-18(2)3)15-9-5-6-10-16(15)19(14)4/h14-16,20H,5-13H2,1-4H3. The van der Waals surface area contributed by atoms with Crippen LogP contribution in [0.2, 0.25) is 0 Å². The lowest BCUT2D eigenvalue weighted by molar-refractivity contribution is -0.131.